The average molecular weight is 482 g/mol. The Balaban J connectivity index is 1.86. The van der Waals surface area contributed by atoms with Gasteiger partial charge in [-0.05, 0) is 41.1 Å². The number of sulfonamides is 1. The molecule has 29 heavy (non-hydrogen) atoms. The maximum atomic E-state index is 13.0. The van der Waals surface area contributed by atoms with E-state index in [1.165, 1.54) is 10.4 Å². The van der Waals surface area contributed by atoms with E-state index >= 15 is 0 Å². The van der Waals surface area contributed by atoms with Gasteiger partial charge in [0.15, 0.2) is 0 Å². The number of nitrogens with zero attached hydrogens (tertiary/aromatic N) is 4. The summed E-state index contributed by atoms with van der Waals surface area (Å²) in [6.45, 7) is 3.33. The standard InChI is InChI=1S/C18H20BrN5O4S/c1-13-11-17(24(22-13)6-2-5-20)21-18(25)14-3-4-15(19)16(12-14)29(26,27)23-7-9-28-10-8-23/h3-4,11-12H,2,6-10H2,1H3,(H,21,25). The Morgan fingerprint density at radius 1 is 1.34 bits per heavy atom. The molecule has 3 rings (SSSR count). The van der Waals surface area contributed by atoms with E-state index < -0.39 is 15.9 Å². The van der Waals surface area contributed by atoms with Gasteiger partial charge in [-0.15, -0.1) is 0 Å². The van der Waals surface area contributed by atoms with Crippen molar-refractivity contribution in [3.05, 3.63) is 40.0 Å². The van der Waals surface area contributed by atoms with Crippen LogP contribution in [0.25, 0.3) is 0 Å². The molecule has 0 aliphatic carbocycles. The molecule has 1 aromatic carbocycles. The molecular formula is C18H20BrN5O4S. The molecule has 1 aliphatic heterocycles. The van der Waals surface area contributed by atoms with Gasteiger partial charge < -0.3 is 10.1 Å². The van der Waals surface area contributed by atoms with Crippen molar-refractivity contribution in [2.24, 2.45) is 0 Å². The zero-order valence-corrected chi connectivity index (χ0v) is 18.2. The van der Waals surface area contributed by atoms with Crippen LogP contribution in [0.5, 0.6) is 0 Å². The van der Waals surface area contributed by atoms with Gasteiger partial charge in [0.2, 0.25) is 10.0 Å². The highest BCUT2D eigenvalue weighted by molar-refractivity contribution is 9.10. The number of halogens is 1. The summed E-state index contributed by atoms with van der Waals surface area (Å²) in [6.07, 6.45) is 0.254. The molecule has 1 fully saturated rings. The maximum absolute atomic E-state index is 13.0. The maximum Gasteiger partial charge on any atom is 0.256 e. The van der Waals surface area contributed by atoms with Gasteiger partial charge in [-0.1, -0.05) is 0 Å². The van der Waals surface area contributed by atoms with Gasteiger partial charge >= 0.3 is 0 Å². The first kappa shape index (κ1) is 21.4. The van der Waals surface area contributed by atoms with E-state index in [4.69, 9.17) is 10.00 Å². The van der Waals surface area contributed by atoms with Crippen LogP contribution in [0.15, 0.2) is 33.6 Å². The van der Waals surface area contributed by atoms with E-state index in [9.17, 15) is 13.2 Å². The Bertz CT molecular complexity index is 1050. The lowest BCUT2D eigenvalue weighted by atomic mass is 10.2. The molecule has 0 atom stereocenters. The summed E-state index contributed by atoms with van der Waals surface area (Å²) in [6, 6.07) is 8.17. The van der Waals surface area contributed by atoms with E-state index in [2.05, 4.69) is 26.3 Å². The number of aromatic nitrogens is 2. The Kier molecular flexibility index (Phi) is 6.69. The fourth-order valence-electron chi connectivity index (χ4n) is 2.93. The molecular weight excluding hydrogens is 462 g/mol. The normalized spacial score (nSPS) is 15.1. The molecule has 11 heteroatoms. The number of nitriles is 1. The fraction of sp³-hybridized carbons (Fsp3) is 0.389. The lowest BCUT2D eigenvalue weighted by Gasteiger charge is -2.26. The Morgan fingerprint density at radius 3 is 2.76 bits per heavy atom. The fourth-order valence-corrected chi connectivity index (χ4v) is 5.29. The summed E-state index contributed by atoms with van der Waals surface area (Å²) in [5.74, 6) is -0.0164. The number of ether oxygens (including phenoxy) is 1. The zero-order valence-electron chi connectivity index (χ0n) is 15.8. The Labute approximate surface area is 177 Å². The molecule has 1 N–H and O–H groups in total. The molecule has 1 amide bonds. The number of nitrogens with one attached hydrogen (secondary N) is 1. The summed E-state index contributed by atoms with van der Waals surface area (Å²) >= 11 is 3.28. The van der Waals surface area contributed by atoms with Gasteiger partial charge in [0, 0.05) is 29.2 Å². The van der Waals surface area contributed by atoms with Crippen molar-refractivity contribution in [3.8, 4) is 6.07 Å². The molecule has 1 aliphatic rings. The highest BCUT2D eigenvalue weighted by Gasteiger charge is 2.29. The molecule has 1 saturated heterocycles. The van der Waals surface area contributed by atoms with E-state index in [1.807, 2.05) is 6.07 Å². The lowest BCUT2D eigenvalue weighted by Crippen LogP contribution is -2.40. The van der Waals surface area contributed by atoms with Gasteiger partial charge in [-0.25, -0.2) is 13.1 Å². The van der Waals surface area contributed by atoms with Crippen LogP contribution >= 0.6 is 15.9 Å². The number of aryl methyl sites for hydroxylation is 2. The lowest BCUT2D eigenvalue weighted by molar-refractivity contribution is 0.0730. The van der Waals surface area contributed by atoms with Crippen molar-refractivity contribution >= 4 is 37.7 Å². The smallest absolute Gasteiger partial charge is 0.256 e. The SMILES string of the molecule is Cc1cc(NC(=O)c2ccc(Br)c(S(=O)(=O)N3CCOCC3)c2)n(CCC#N)n1. The predicted octanol–water partition coefficient (Wildman–Crippen LogP) is 2.14. The van der Waals surface area contributed by atoms with Crippen LogP contribution in [0.2, 0.25) is 0 Å². The van der Waals surface area contributed by atoms with Gasteiger partial charge in [-0.3, -0.25) is 4.79 Å². The number of carbonyl (C=O) groups is 1. The van der Waals surface area contributed by atoms with E-state index in [-0.39, 0.29) is 30.0 Å². The second-order valence-electron chi connectivity index (χ2n) is 6.42. The highest BCUT2D eigenvalue weighted by Crippen LogP contribution is 2.27. The molecule has 0 unspecified atom stereocenters. The molecule has 2 aromatic rings. The second-order valence-corrected chi connectivity index (χ2v) is 9.18. The Hall–Kier alpha value is -2.26. The molecule has 0 saturated carbocycles. The van der Waals surface area contributed by atoms with Crippen molar-refractivity contribution in [2.75, 3.05) is 31.6 Å². The number of morpholine rings is 1. The number of benzene rings is 1. The minimum atomic E-state index is -3.76. The molecule has 0 spiro atoms. The molecule has 0 radical (unpaired) electrons. The van der Waals surface area contributed by atoms with Gasteiger partial charge in [-0.2, -0.15) is 14.7 Å². The molecule has 1 aromatic heterocycles. The van der Waals surface area contributed by atoms with Crippen LogP contribution in [0.3, 0.4) is 0 Å². The van der Waals surface area contributed by atoms with E-state index in [0.29, 0.717) is 35.7 Å². The van der Waals surface area contributed by atoms with Crippen LogP contribution in [0, 0.1) is 18.3 Å². The van der Waals surface area contributed by atoms with Crippen molar-refractivity contribution in [1.82, 2.24) is 14.1 Å². The third kappa shape index (κ3) is 4.84. The number of hydrogen-bond acceptors (Lipinski definition) is 6. The predicted molar refractivity (Wildman–Crippen MR) is 109 cm³/mol. The Morgan fingerprint density at radius 2 is 2.07 bits per heavy atom. The van der Waals surface area contributed by atoms with Gasteiger partial charge in [0.05, 0.1) is 42.8 Å². The molecule has 154 valence electrons. The van der Waals surface area contributed by atoms with Crippen molar-refractivity contribution in [1.29, 1.82) is 5.26 Å². The quantitative estimate of drug-likeness (QED) is 0.674. The third-order valence-electron chi connectivity index (χ3n) is 4.36. The number of anilines is 1. The first-order valence-electron chi connectivity index (χ1n) is 8.93. The minimum Gasteiger partial charge on any atom is -0.379 e. The molecule has 2 heterocycles. The van der Waals surface area contributed by atoms with Gasteiger partial charge in [0.1, 0.15) is 5.82 Å². The summed E-state index contributed by atoms with van der Waals surface area (Å²) < 4.78 is 34.5. The summed E-state index contributed by atoms with van der Waals surface area (Å²) in [7, 11) is -3.76. The number of rotatable bonds is 6. The zero-order chi connectivity index (χ0) is 21.0. The number of carbonyl (C=O) groups excluding carboxylic acids is 1. The largest absolute Gasteiger partial charge is 0.379 e. The minimum absolute atomic E-state index is 0.0289. The third-order valence-corrected chi connectivity index (χ3v) is 7.25. The summed E-state index contributed by atoms with van der Waals surface area (Å²) in [4.78, 5) is 12.8. The van der Waals surface area contributed by atoms with E-state index in [1.54, 1.807) is 29.8 Å². The van der Waals surface area contributed by atoms with Crippen molar-refractivity contribution in [3.63, 3.8) is 0 Å². The monoisotopic (exact) mass is 481 g/mol. The van der Waals surface area contributed by atoms with Crippen LogP contribution in [0.4, 0.5) is 5.82 Å². The first-order valence-corrected chi connectivity index (χ1v) is 11.2. The average Bonchev–Trinajstić information content (AvgIpc) is 3.06. The first-order chi connectivity index (χ1) is 13.8. The van der Waals surface area contributed by atoms with Crippen LogP contribution in [0.1, 0.15) is 22.5 Å². The summed E-state index contributed by atoms with van der Waals surface area (Å²) in [5.41, 5.74) is 0.898. The van der Waals surface area contributed by atoms with Crippen molar-refractivity contribution < 1.29 is 17.9 Å². The highest BCUT2D eigenvalue weighted by atomic mass is 79.9. The van der Waals surface area contributed by atoms with Crippen LogP contribution in [-0.4, -0.2) is 54.7 Å². The number of amides is 1. The molecule has 9 nitrogen and oxygen atoms in total. The summed E-state index contributed by atoms with van der Waals surface area (Å²) in [5, 5.41) is 15.8. The van der Waals surface area contributed by atoms with Crippen LogP contribution in [-0.2, 0) is 21.3 Å². The van der Waals surface area contributed by atoms with E-state index in [0.717, 1.165) is 0 Å². The van der Waals surface area contributed by atoms with Gasteiger partial charge in [0.25, 0.3) is 5.91 Å². The molecule has 0 bridgehead atoms. The topological polar surface area (TPSA) is 117 Å². The second kappa shape index (κ2) is 9.04. The van der Waals surface area contributed by atoms with Crippen LogP contribution < -0.4 is 5.32 Å². The number of hydrogen-bond donors (Lipinski definition) is 1. The van der Waals surface area contributed by atoms with Crippen molar-refractivity contribution in [2.45, 2.75) is 24.8 Å².